The van der Waals surface area contributed by atoms with Gasteiger partial charge in [0.25, 0.3) is 0 Å². The number of aryl methyl sites for hydroxylation is 1. The number of ether oxygens (including phenoxy) is 1. The van der Waals surface area contributed by atoms with E-state index in [1.165, 1.54) is 0 Å². The van der Waals surface area contributed by atoms with Crippen LogP contribution in [0.15, 0.2) is 24.3 Å². The highest BCUT2D eigenvalue weighted by Crippen LogP contribution is 2.13. The van der Waals surface area contributed by atoms with Crippen LogP contribution in [-0.2, 0) is 9.53 Å². The van der Waals surface area contributed by atoms with Crippen LogP contribution in [0.1, 0.15) is 18.4 Å². The van der Waals surface area contributed by atoms with Crippen molar-refractivity contribution >= 4 is 11.6 Å². The molecule has 0 radical (unpaired) electrons. The molecule has 0 unspecified atom stereocenters. The van der Waals surface area contributed by atoms with E-state index in [1.807, 2.05) is 31.2 Å². The third kappa shape index (κ3) is 5.01. The Balaban J connectivity index is 1.67. The lowest BCUT2D eigenvalue weighted by molar-refractivity contribution is -0.115. The molecule has 0 atom stereocenters. The molecule has 0 aromatic heterocycles. The highest BCUT2D eigenvalue weighted by atomic mass is 16.5. The summed E-state index contributed by atoms with van der Waals surface area (Å²) in [5.74, 6) is 0.651. The molecule has 2 rings (SSSR count). The van der Waals surface area contributed by atoms with Gasteiger partial charge in [0.1, 0.15) is 0 Å². The SMILES string of the molecule is Cc1cccc(NC(=O)CNCC2CCOCC2)c1. The molecule has 1 aliphatic heterocycles. The summed E-state index contributed by atoms with van der Waals surface area (Å²) < 4.78 is 5.31. The van der Waals surface area contributed by atoms with Crippen LogP contribution >= 0.6 is 0 Å². The van der Waals surface area contributed by atoms with Gasteiger partial charge >= 0.3 is 0 Å². The Morgan fingerprint density at radius 1 is 1.37 bits per heavy atom. The first-order chi connectivity index (χ1) is 9.24. The summed E-state index contributed by atoms with van der Waals surface area (Å²) in [7, 11) is 0. The largest absolute Gasteiger partial charge is 0.381 e. The first-order valence-corrected chi connectivity index (χ1v) is 6.89. The van der Waals surface area contributed by atoms with Gasteiger partial charge in [0.2, 0.25) is 5.91 Å². The Morgan fingerprint density at radius 2 is 2.16 bits per heavy atom. The zero-order chi connectivity index (χ0) is 13.5. The Bertz CT molecular complexity index is 414. The maximum absolute atomic E-state index is 11.8. The first-order valence-electron chi connectivity index (χ1n) is 6.89. The molecule has 0 spiro atoms. The Labute approximate surface area is 114 Å². The van der Waals surface area contributed by atoms with Gasteiger partial charge in [0, 0.05) is 18.9 Å². The molecule has 2 N–H and O–H groups in total. The normalized spacial score (nSPS) is 16.3. The van der Waals surface area contributed by atoms with Gasteiger partial charge in [-0.2, -0.15) is 0 Å². The summed E-state index contributed by atoms with van der Waals surface area (Å²) in [6.45, 7) is 4.97. The fourth-order valence-corrected chi connectivity index (χ4v) is 2.27. The van der Waals surface area contributed by atoms with E-state index in [0.717, 1.165) is 43.9 Å². The summed E-state index contributed by atoms with van der Waals surface area (Å²) in [6, 6.07) is 7.83. The van der Waals surface area contributed by atoms with E-state index in [2.05, 4.69) is 10.6 Å². The van der Waals surface area contributed by atoms with E-state index < -0.39 is 0 Å². The summed E-state index contributed by atoms with van der Waals surface area (Å²) in [4.78, 5) is 11.8. The van der Waals surface area contributed by atoms with Gasteiger partial charge in [-0.15, -0.1) is 0 Å². The summed E-state index contributed by atoms with van der Waals surface area (Å²) in [6.07, 6.45) is 2.18. The molecular weight excluding hydrogens is 240 g/mol. The Hall–Kier alpha value is -1.39. The lowest BCUT2D eigenvalue weighted by atomic mass is 10.0. The smallest absolute Gasteiger partial charge is 0.238 e. The summed E-state index contributed by atoms with van der Waals surface area (Å²) in [5.41, 5.74) is 2.01. The zero-order valence-corrected chi connectivity index (χ0v) is 11.4. The Kier molecular flexibility index (Phi) is 5.36. The zero-order valence-electron chi connectivity index (χ0n) is 11.4. The van der Waals surface area contributed by atoms with E-state index in [1.54, 1.807) is 0 Å². The van der Waals surface area contributed by atoms with Crippen molar-refractivity contribution in [2.24, 2.45) is 5.92 Å². The fourth-order valence-electron chi connectivity index (χ4n) is 2.27. The van der Waals surface area contributed by atoms with Crippen molar-refractivity contribution in [3.63, 3.8) is 0 Å². The molecule has 1 amide bonds. The number of nitrogens with one attached hydrogen (secondary N) is 2. The molecule has 4 heteroatoms. The minimum absolute atomic E-state index is 0.0117. The van der Waals surface area contributed by atoms with Gasteiger partial charge in [0.05, 0.1) is 6.54 Å². The molecule has 0 bridgehead atoms. The monoisotopic (exact) mass is 262 g/mol. The number of anilines is 1. The molecule has 19 heavy (non-hydrogen) atoms. The van der Waals surface area contributed by atoms with Crippen molar-refractivity contribution in [1.82, 2.24) is 5.32 Å². The third-order valence-electron chi connectivity index (χ3n) is 3.36. The molecule has 1 fully saturated rings. The second-order valence-electron chi connectivity index (χ2n) is 5.10. The third-order valence-corrected chi connectivity index (χ3v) is 3.36. The highest BCUT2D eigenvalue weighted by Gasteiger charge is 2.13. The van der Waals surface area contributed by atoms with Gasteiger partial charge in [-0.1, -0.05) is 12.1 Å². The van der Waals surface area contributed by atoms with Crippen LogP contribution in [0.2, 0.25) is 0 Å². The van der Waals surface area contributed by atoms with Crippen LogP contribution in [0.3, 0.4) is 0 Å². The number of amides is 1. The van der Waals surface area contributed by atoms with Crippen molar-refractivity contribution in [1.29, 1.82) is 0 Å². The average molecular weight is 262 g/mol. The second-order valence-corrected chi connectivity index (χ2v) is 5.10. The summed E-state index contributed by atoms with van der Waals surface area (Å²) in [5, 5.41) is 6.12. The van der Waals surface area contributed by atoms with E-state index in [4.69, 9.17) is 4.74 Å². The number of benzene rings is 1. The molecule has 1 heterocycles. The fraction of sp³-hybridized carbons (Fsp3) is 0.533. The van der Waals surface area contributed by atoms with Crippen LogP contribution in [0.4, 0.5) is 5.69 Å². The predicted molar refractivity (Wildman–Crippen MR) is 76.2 cm³/mol. The number of rotatable bonds is 5. The van der Waals surface area contributed by atoms with Gasteiger partial charge in [-0.25, -0.2) is 0 Å². The standard InChI is InChI=1S/C15H22N2O2/c1-12-3-2-4-14(9-12)17-15(18)11-16-10-13-5-7-19-8-6-13/h2-4,9,13,16H,5-8,10-11H2,1H3,(H,17,18). The molecule has 104 valence electrons. The molecule has 1 aromatic rings. The molecule has 4 nitrogen and oxygen atoms in total. The molecule has 1 aliphatic rings. The number of hydrogen-bond acceptors (Lipinski definition) is 3. The van der Waals surface area contributed by atoms with Crippen LogP contribution in [0.25, 0.3) is 0 Å². The topological polar surface area (TPSA) is 50.4 Å². The molecule has 0 aliphatic carbocycles. The van der Waals surface area contributed by atoms with Gasteiger partial charge < -0.3 is 15.4 Å². The lowest BCUT2D eigenvalue weighted by Crippen LogP contribution is -2.33. The molecular formula is C15H22N2O2. The van der Waals surface area contributed by atoms with E-state index >= 15 is 0 Å². The minimum atomic E-state index is 0.0117. The van der Waals surface area contributed by atoms with Crippen molar-refractivity contribution in [2.75, 3.05) is 31.6 Å². The molecule has 0 saturated carbocycles. The van der Waals surface area contributed by atoms with Crippen LogP contribution in [0.5, 0.6) is 0 Å². The maximum atomic E-state index is 11.8. The summed E-state index contributed by atoms with van der Waals surface area (Å²) >= 11 is 0. The number of carbonyl (C=O) groups excluding carboxylic acids is 1. The van der Waals surface area contributed by atoms with E-state index in [9.17, 15) is 4.79 Å². The average Bonchev–Trinajstić information content (AvgIpc) is 2.40. The van der Waals surface area contributed by atoms with Crippen molar-refractivity contribution in [3.8, 4) is 0 Å². The predicted octanol–water partition coefficient (Wildman–Crippen LogP) is 1.95. The minimum Gasteiger partial charge on any atom is -0.381 e. The van der Waals surface area contributed by atoms with Crippen molar-refractivity contribution in [3.05, 3.63) is 29.8 Å². The van der Waals surface area contributed by atoms with E-state index in [-0.39, 0.29) is 5.91 Å². The lowest BCUT2D eigenvalue weighted by Gasteiger charge is -2.22. The maximum Gasteiger partial charge on any atom is 0.238 e. The highest BCUT2D eigenvalue weighted by molar-refractivity contribution is 5.92. The van der Waals surface area contributed by atoms with Gasteiger partial charge in [-0.3, -0.25) is 4.79 Å². The number of carbonyl (C=O) groups is 1. The van der Waals surface area contributed by atoms with Crippen molar-refractivity contribution in [2.45, 2.75) is 19.8 Å². The van der Waals surface area contributed by atoms with Gasteiger partial charge in [0.15, 0.2) is 0 Å². The number of hydrogen-bond donors (Lipinski definition) is 2. The Morgan fingerprint density at radius 3 is 2.89 bits per heavy atom. The second kappa shape index (κ2) is 7.26. The van der Waals surface area contributed by atoms with Crippen LogP contribution < -0.4 is 10.6 Å². The van der Waals surface area contributed by atoms with Crippen molar-refractivity contribution < 1.29 is 9.53 Å². The van der Waals surface area contributed by atoms with Crippen LogP contribution in [-0.4, -0.2) is 32.2 Å². The van der Waals surface area contributed by atoms with Gasteiger partial charge in [-0.05, 0) is 49.9 Å². The molecule has 1 saturated heterocycles. The van der Waals surface area contributed by atoms with E-state index in [0.29, 0.717) is 12.5 Å². The molecule has 1 aromatic carbocycles. The quantitative estimate of drug-likeness (QED) is 0.852. The first kappa shape index (κ1) is 14.0. The van der Waals surface area contributed by atoms with Crippen LogP contribution in [0, 0.1) is 12.8 Å².